The molecule has 8 nitrogen and oxygen atoms in total. The number of benzene rings is 1. The number of nitrogens with zero attached hydrogens (tertiary/aromatic N) is 2. The molecule has 9 heteroatoms. The predicted octanol–water partition coefficient (Wildman–Crippen LogP) is 1.64. The molecular weight excluding hydrogens is 442 g/mol. The lowest BCUT2D eigenvalue weighted by atomic mass is 9.92. The van der Waals surface area contributed by atoms with Crippen molar-refractivity contribution >= 4 is 10.0 Å². The Bertz CT molecular complexity index is 903. The molecule has 1 aromatic rings. The number of rotatable bonds is 4. The Morgan fingerprint density at radius 3 is 2.67 bits per heavy atom. The third-order valence-electron chi connectivity index (χ3n) is 7.14. The van der Waals surface area contributed by atoms with E-state index in [0.717, 1.165) is 57.7 Å². The van der Waals surface area contributed by atoms with Crippen LogP contribution in [0.25, 0.3) is 0 Å². The number of likely N-dealkylation sites (tertiary alicyclic amines) is 1. The largest absolute Gasteiger partial charge is 0.486 e. The van der Waals surface area contributed by atoms with Crippen LogP contribution in [0.4, 0.5) is 0 Å². The first kappa shape index (κ1) is 24.9. The van der Waals surface area contributed by atoms with Crippen molar-refractivity contribution in [1.82, 2.24) is 14.5 Å². The topological polar surface area (TPSA) is 91.3 Å². The minimum Gasteiger partial charge on any atom is -0.486 e. The number of aliphatic hydroxyl groups is 1. The van der Waals surface area contributed by atoms with Gasteiger partial charge in [0.15, 0.2) is 0 Å². The highest BCUT2D eigenvalue weighted by Crippen LogP contribution is 2.35. The van der Waals surface area contributed by atoms with E-state index in [1.54, 1.807) is 6.07 Å². The summed E-state index contributed by atoms with van der Waals surface area (Å²) < 4.78 is 40.9. The fourth-order valence-corrected chi connectivity index (χ4v) is 6.28. The summed E-state index contributed by atoms with van der Waals surface area (Å²) in [5.41, 5.74) is 1.10. The van der Waals surface area contributed by atoms with Crippen LogP contribution in [0.2, 0.25) is 0 Å². The minimum absolute atomic E-state index is 0.0255. The van der Waals surface area contributed by atoms with Crippen molar-refractivity contribution in [1.29, 1.82) is 0 Å². The molecule has 0 bridgehead atoms. The smallest absolute Gasteiger partial charge is 0.244 e. The molecular formula is C24H39N3O5S. The fraction of sp³-hybridized carbons (Fsp3) is 0.750. The zero-order valence-corrected chi connectivity index (χ0v) is 20.9. The maximum Gasteiger partial charge on any atom is 0.244 e. The van der Waals surface area contributed by atoms with Crippen LogP contribution in [-0.4, -0.2) is 94.6 Å². The van der Waals surface area contributed by atoms with Gasteiger partial charge in [-0.25, -0.2) is 13.1 Å². The first-order valence-electron chi connectivity index (χ1n) is 12.2. The summed E-state index contributed by atoms with van der Waals surface area (Å²) in [5, 5.41) is 10.5. The molecule has 2 saturated heterocycles. The zero-order valence-electron chi connectivity index (χ0n) is 20.1. The second-order valence-electron chi connectivity index (χ2n) is 10.2. The summed E-state index contributed by atoms with van der Waals surface area (Å²) in [4.78, 5) is 4.67. The van der Waals surface area contributed by atoms with Crippen molar-refractivity contribution in [2.24, 2.45) is 5.92 Å². The Kier molecular flexibility index (Phi) is 7.98. The lowest BCUT2D eigenvalue weighted by Crippen LogP contribution is -2.47. The van der Waals surface area contributed by atoms with E-state index < -0.39 is 16.1 Å². The Balaban J connectivity index is 1.67. The molecule has 0 amide bonds. The van der Waals surface area contributed by atoms with Crippen molar-refractivity contribution < 1.29 is 23.0 Å². The van der Waals surface area contributed by atoms with E-state index in [4.69, 9.17) is 9.47 Å². The highest BCUT2D eigenvalue weighted by atomic mass is 32.2. The molecule has 4 rings (SSSR count). The summed E-state index contributed by atoms with van der Waals surface area (Å²) in [6.07, 6.45) is 1.99. The van der Waals surface area contributed by atoms with Crippen LogP contribution in [0.3, 0.4) is 0 Å². The molecule has 1 aromatic carbocycles. The van der Waals surface area contributed by atoms with Gasteiger partial charge in [-0.3, -0.25) is 9.80 Å². The summed E-state index contributed by atoms with van der Waals surface area (Å²) in [7, 11) is -1.82. The average molecular weight is 482 g/mol. The van der Waals surface area contributed by atoms with Crippen LogP contribution in [-0.2, 0) is 14.8 Å². The Morgan fingerprint density at radius 1 is 1.18 bits per heavy atom. The molecule has 3 aliphatic heterocycles. The number of β-amino-alcohol motifs (C(OH)–C–C–N with tert-alkyl or cyclic N) is 1. The van der Waals surface area contributed by atoms with E-state index in [2.05, 4.69) is 28.4 Å². The summed E-state index contributed by atoms with van der Waals surface area (Å²) in [6, 6.07) is 5.57. The van der Waals surface area contributed by atoms with Gasteiger partial charge in [0.2, 0.25) is 10.0 Å². The number of ether oxygens (including phenoxy) is 2. The molecule has 0 aromatic heterocycles. The maximum atomic E-state index is 13.1. The second-order valence-corrected chi connectivity index (χ2v) is 11.9. The van der Waals surface area contributed by atoms with Gasteiger partial charge in [0.25, 0.3) is 0 Å². The van der Waals surface area contributed by atoms with E-state index in [0.29, 0.717) is 24.1 Å². The Hall–Kier alpha value is -1.23. The fourth-order valence-electron chi connectivity index (χ4n) is 5.10. The van der Waals surface area contributed by atoms with Gasteiger partial charge in [0.1, 0.15) is 16.7 Å². The van der Waals surface area contributed by atoms with Gasteiger partial charge in [0.05, 0.1) is 12.1 Å². The first-order valence-corrected chi connectivity index (χ1v) is 13.7. The van der Waals surface area contributed by atoms with E-state index in [9.17, 15) is 13.5 Å². The van der Waals surface area contributed by atoms with Gasteiger partial charge in [-0.15, -0.1) is 0 Å². The molecule has 0 radical (unpaired) electrons. The van der Waals surface area contributed by atoms with Crippen molar-refractivity contribution in [3.8, 4) is 5.75 Å². The molecule has 3 aliphatic rings. The number of nitrogens with one attached hydrogen (secondary N) is 1. The van der Waals surface area contributed by atoms with Crippen LogP contribution in [0.1, 0.15) is 44.6 Å². The summed E-state index contributed by atoms with van der Waals surface area (Å²) in [5.74, 6) is 1.37. The molecule has 33 heavy (non-hydrogen) atoms. The van der Waals surface area contributed by atoms with Gasteiger partial charge >= 0.3 is 0 Å². The van der Waals surface area contributed by atoms with Gasteiger partial charge < -0.3 is 14.6 Å². The molecule has 3 atom stereocenters. The number of sulfonamides is 1. The van der Waals surface area contributed by atoms with Crippen molar-refractivity contribution in [2.45, 2.75) is 62.2 Å². The van der Waals surface area contributed by atoms with Gasteiger partial charge in [-0.2, -0.15) is 0 Å². The number of aliphatic hydroxyl groups excluding tert-OH is 1. The summed E-state index contributed by atoms with van der Waals surface area (Å²) >= 11 is 0. The third kappa shape index (κ3) is 6.07. The minimum atomic E-state index is -3.81. The van der Waals surface area contributed by atoms with E-state index >= 15 is 0 Å². The highest BCUT2D eigenvalue weighted by molar-refractivity contribution is 7.89. The lowest BCUT2D eigenvalue weighted by Gasteiger charge is -2.30. The monoisotopic (exact) mass is 481 g/mol. The SMILES string of the molecule is CC(C)CCN1C[C@@H]2Oc3cc(C4CCOCC4)ccc3S(=O)(=O)NC[C@H](O)CN(C)[C@@H]2C1. The van der Waals surface area contributed by atoms with Gasteiger partial charge in [0, 0.05) is 39.4 Å². The average Bonchev–Trinajstić information content (AvgIpc) is 3.19. The molecule has 0 aliphatic carbocycles. The first-order chi connectivity index (χ1) is 15.7. The van der Waals surface area contributed by atoms with Crippen molar-refractivity contribution in [3.63, 3.8) is 0 Å². The molecule has 2 fully saturated rings. The highest BCUT2D eigenvalue weighted by Gasteiger charge is 2.39. The van der Waals surface area contributed by atoms with Crippen LogP contribution in [0.15, 0.2) is 23.1 Å². The maximum absolute atomic E-state index is 13.1. The number of fused-ring (bicyclic) bond motifs is 2. The lowest BCUT2D eigenvalue weighted by molar-refractivity contribution is 0.0710. The Labute approximate surface area is 198 Å². The van der Waals surface area contributed by atoms with Crippen molar-refractivity contribution in [3.05, 3.63) is 23.8 Å². The Morgan fingerprint density at radius 2 is 1.94 bits per heavy atom. The normalized spacial score (nSPS) is 29.8. The molecule has 186 valence electrons. The van der Waals surface area contributed by atoms with Crippen LogP contribution in [0, 0.1) is 5.92 Å². The predicted molar refractivity (Wildman–Crippen MR) is 127 cm³/mol. The molecule has 0 unspecified atom stereocenters. The molecule has 0 spiro atoms. The quantitative estimate of drug-likeness (QED) is 0.676. The number of hydrogen-bond donors (Lipinski definition) is 2. The molecule has 2 N–H and O–H groups in total. The summed E-state index contributed by atoms with van der Waals surface area (Å²) in [6.45, 7) is 8.82. The molecule has 0 saturated carbocycles. The van der Waals surface area contributed by atoms with Gasteiger partial charge in [-0.05, 0) is 62.4 Å². The second kappa shape index (κ2) is 10.6. The van der Waals surface area contributed by atoms with Gasteiger partial charge in [-0.1, -0.05) is 19.9 Å². The number of likely N-dealkylation sites (N-methyl/N-ethyl adjacent to an activating group) is 1. The standard InChI is InChI=1S/C24H39N3O5S/c1-17(2)6-9-27-15-21-23(16-27)32-22-12-19(18-7-10-31-11-8-18)4-5-24(22)33(29,30)25-13-20(28)14-26(21)3/h4-5,12,17-18,20-21,23,25,28H,6-11,13-16H2,1-3H3/t20-,21+,23-/m0/s1. The van der Waals surface area contributed by atoms with E-state index in [1.165, 1.54) is 0 Å². The van der Waals surface area contributed by atoms with Crippen LogP contribution in [0.5, 0.6) is 5.75 Å². The third-order valence-corrected chi connectivity index (χ3v) is 8.60. The van der Waals surface area contributed by atoms with E-state index in [-0.39, 0.29) is 23.6 Å². The van der Waals surface area contributed by atoms with Crippen molar-refractivity contribution in [2.75, 3.05) is 53.0 Å². The molecule has 3 heterocycles. The van der Waals surface area contributed by atoms with Crippen LogP contribution < -0.4 is 9.46 Å². The number of hydrogen-bond acceptors (Lipinski definition) is 7. The zero-order chi connectivity index (χ0) is 23.6. The van der Waals surface area contributed by atoms with Crippen LogP contribution >= 0.6 is 0 Å². The van der Waals surface area contributed by atoms with E-state index in [1.807, 2.05) is 19.2 Å².